The predicted octanol–water partition coefficient (Wildman–Crippen LogP) is 3.19. The van der Waals surface area contributed by atoms with Crippen LogP contribution in [0, 0.1) is 6.92 Å². The first-order valence-electron chi connectivity index (χ1n) is 9.53. The minimum Gasteiger partial charge on any atom is -0.495 e. The Hall–Kier alpha value is -2.58. The number of nitrogens with zero attached hydrogens (tertiary/aromatic N) is 1. The van der Waals surface area contributed by atoms with Gasteiger partial charge in [0.2, 0.25) is 10.0 Å². The Kier molecular flexibility index (Phi) is 6.44. The largest absolute Gasteiger partial charge is 0.495 e. The first-order chi connectivity index (χ1) is 13.8. The quantitative estimate of drug-likeness (QED) is 0.746. The predicted molar refractivity (Wildman–Crippen MR) is 111 cm³/mol. The molecule has 0 saturated carbocycles. The van der Waals surface area contributed by atoms with Crippen molar-refractivity contribution in [2.45, 2.75) is 37.7 Å². The van der Waals surface area contributed by atoms with Gasteiger partial charge in [0.25, 0.3) is 5.91 Å². The van der Waals surface area contributed by atoms with Gasteiger partial charge >= 0.3 is 0 Å². The molecule has 1 heterocycles. The van der Waals surface area contributed by atoms with E-state index >= 15 is 0 Å². The number of hydrogen-bond donors (Lipinski definition) is 1. The Morgan fingerprint density at radius 2 is 1.76 bits per heavy atom. The summed E-state index contributed by atoms with van der Waals surface area (Å²) in [4.78, 5) is 12.7. The molecule has 0 aliphatic carbocycles. The molecule has 0 spiro atoms. The van der Waals surface area contributed by atoms with Gasteiger partial charge in [-0.25, -0.2) is 8.42 Å². The highest BCUT2D eigenvalue weighted by molar-refractivity contribution is 7.89. The van der Waals surface area contributed by atoms with Crippen LogP contribution in [0.25, 0.3) is 0 Å². The lowest BCUT2D eigenvalue weighted by Crippen LogP contribution is -2.31. The summed E-state index contributed by atoms with van der Waals surface area (Å²) < 4.78 is 38.1. The molecule has 0 bridgehead atoms. The van der Waals surface area contributed by atoms with Crippen LogP contribution < -0.4 is 14.8 Å². The second-order valence-corrected chi connectivity index (χ2v) is 8.97. The van der Waals surface area contributed by atoms with E-state index in [1.165, 1.54) is 23.5 Å². The van der Waals surface area contributed by atoms with Gasteiger partial charge < -0.3 is 14.8 Å². The second kappa shape index (κ2) is 8.84. The molecule has 1 aliphatic heterocycles. The fourth-order valence-corrected chi connectivity index (χ4v) is 4.68. The number of methoxy groups -OCH3 is 1. The smallest absolute Gasteiger partial charge is 0.265 e. The summed E-state index contributed by atoms with van der Waals surface area (Å²) in [6.07, 6.45) is 0.931. The van der Waals surface area contributed by atoms with Crippen molar-refractivity contribution in [1.29, 1.82) is 0 Å². The van der Waals surface area contributed by atoms with Gasteiger partial charge in [0.15, 0.2) is 6.10 Å². The normalized spacial score (nSPS) is 15.7. The number of benzene rings is 2. The molecule has 0 radical (unpaired) electrons. The van der Waals surface area contributed by atoms with Gasteiger partial charge in [-0.2, -0.15) is 4.31 Å². The number of aryl methyl sites for hydroxylation is 1. The van der Waals surface area contributed by atoms with Crippen LogP contribution >= 0.6 is 0 Å². The topological polar surface area (TPSA) is 84.9 Å². The summed E-state index contributed by atoms with van der Waals surface area (Å²) in [5.74, 6) is 0.552. The van der Waals surface area contributed by atoms with E-state index in [0.717, 1.165) is 18.4 Å². The Labute approximate surface area is 171 Å². The monoisotopic (exact) mass is 418 g/mol. The molecule has 1 N–H and O–H groups in total. The zero-order chi connectivity index (χ0) is 21.0. The van der Waals surface area contributed by atoms with Gasteiger partial charge in [-0.05, 0) is 57.0 Å². The lowest BCUT2D eigenvalue weighted by atomic mass is 10.2. The lowest BCUT2D eigenvalue weighted by molar-refractivity contribution is -0.122. The van der Waals surface area contributed by atoms with Crippen molar-refractivity contribution >= 4 is 21.6 Å². The second-order valence-electron chi connectivity index (χ2n) is 7.04. The van der Waals surface area contributed by atoms with Crippen LogP contribution in [-0.2, 0) is 14.8 Å². The van der Waals surface area contributed by atoms with Crippen LogP contribution in [0.4, 0.5) is 5.69 Å². The van der Waals surface area contributed by atoms with Gasteiger partial charge in [0, 0.05) is 13.1 Å². The van der Waals surface area contributed by atoms with Crippen molar-refractivity contribution in [1.82, 2.24) is 4.31 Å². The van der Waals surface area contributed by atoms with Crippen LogP contribution in [0.5, 0.6) is 11.5 Å². The van der Waals surface area contributed by atoms with E-state index in [-0.39, 0.29) is 10.6 Å². The maximum Gasteiger partial charge on any atom is 0.265 e. The Balaban J connectivity index is 1.78. The molecular weight excluding hydrogens is 392 g/mol. The van der Waals surface area contributed by atoms with Gasteiger partial charge in [-0.1, -0.05) is 17.7 Å². The molecule has 1 unspecified atom stereocenters. The fraction of sp³-hybridized carbons (Fsp3) is 0.381. The maximum absolute atomic E-state index is 12.8. The summed E-state index contributed by atoms with van der Waals surface area (Å²) in [6.45, 7) is 4.62. The van der Waals surface area contributed by atoms with E-state index in [9.17, 15) is 13.2 Å². The average Bonchev–Trinajstić information content (AvgIpc) is 3.25. The minimum absolute atomic E-state index is 0.127. The third-order valence-corrected chi connectivity index (χ3v) is 6.73. The third kappa shape index (κ3) is 4.89. The standard InChI is InChI=1S/C21H26N2O5S/c1-15-6-8-17(9-7-15)28-16(2)21(24)22-19-14-18(10-11-20(19)27-3)29(25,26)23-12-4-5-13-23/h6-11,14,16H,4-5,12-13H2,1-3H3,(H,22,24). The number of hydrogen-bond acceptors (Lipinski definition) is 5. The lowest BCUT2D eigenvalue weighted by Gasteiger charge is -2.19. The highest BCUT2D eigenvalue weighted by Crippen LogP contribution is 2.30. The zero-order valence-corrected chi connectivity index (χ0v) is 17.7. The first-order valence-corrected chi connectivity index (χ1v) is 11.0. The third-order valence-electron chi connectivity index (χ3n) is 4.83. The van der Waals surface area contributed by atoms with E-state index in [1.54, 1.807) is 25.1 Å². The number of carbonyl (C=O) groups is 1. The molecular formula is C21H26N2O5S. The average molecular weight is 419 g/mol. The summed E-state index contributed by atoms with van der Waals surface area (Å²) in [7, 11) is -2.14. The number of nitrogens with one attached hydrogen (secondary N) is 1. The molecule has 2 aromatic carbocycles. The Morgan fingerprint density at radius 3 is 2.38 bits per heavy atom. The van der Waals surface area contributed by atoms with E-state index in [1.807, 2.05) is 19.1 Å². The fourth-order valence-electron chi connectivity index (χ4n) is 3.13. The molecule has 0 aromatic heterocycles. The van der Waals surface area contributed by atoms with Crippen molar-refractivity contribution in [3.63, 3.8) is 0 Å². The molecule has 8 heteroatoms. The molecule has 1 aliphatic rings. The molecule has 1 fully saturated rings. The molecule has 156 valence electrons. The van der Waals surface area contributed by atoms with Crippen molar-refractivity contribution in [2.75, 3.05) is 25.5 Å². The minimum atomic E-state index is -3.60. The molecule has 1 saturated heterocycles. The SMILES string of the molecule is COc1ccc(S(=O)(=O)N2CCCC2)cc1NC(=O)C(C)Oc1ccc(C)cc1. The van der Waals surface area contributed by atoms with E-state index < -0.39 is 22.0 Å². The van der Waals surface area contributed by atoms with E-state index in [4.69, 9.17) is 9.47 Å². The van der Waals surface area contributed by atoms with Crippen molar-refractivity contribution in [3.05, 3.63) is 48.0 Å². The number of amides is 1. The Morgan fingerprint density at radius 1 is 1.10 bits per heavy atom. The van der Waals surface area contributed by atoms with Crippen LogP contribution in [0.15, 0.2) is 47.4 Å². The molecule has 29 heavy (non-hydrogen) atoms. The van der Waals surface area contributed by atoms with E-state index in [2.05, 4.69) is 5.32 Å². The molecule has 7 nitrogen and oxygen atoms in total. The number of sulfonamides is 1. The summed E-state index contributed by atoms with van der Waals surface area (Å²) >= 11 is 0. The summed E-state index contributed by atoms with van der Waals surface area (Å²) in [6, 6.07) is 11.9. The molecule has 3 rings (SSSR count). The van der Waals surface area contributed by atoms with Gasteiger partial charge in [-0.3, -0.25) is 4.79 Å². The van der Waals surface area contributed by atoms with Crippen LogP contribution in [-0.4, -0.2) is 44.9 Å². The van der Waals surface area contributed by atoms with Crippen molar-refractivity contribution in [3.8, 4) is 11.5 Å². The number of carbonyl (C=O) groups excluding carboxylic acids is 1. The molecule has 1 amide bonds. The van der Waals surface area contributed by atoms with Crippen molar-refractivity contribution < 1.29 is 22.7 Å². The Bertz CT molecular complexity index is 967. The van der Waals surface area contributed by atoms with E-state index in [0.29, 0.717) is 24.6 Å². The number of anilines is 1. The van der Waals surface area contributed by atoms with Gasteiger partial charge in [0.1, 0.15) is 11.5 Å². The molecule has 2 aromatic rings. The highest BCUT2D eigenvalue weighted by Gasteiger charge is 2.28. The van der Waals surface area contributed by atoms with Crippen molar-refractivity contribution in [2.24, 2.45) is 0 Å². The van der Waals surface area contributed by atoms with Crippen LogP contribution in [0.3, 0.4) is 0 Å². The number of ether oxygens (including phenoxy) is 2. The van der Waals surface area contributed by atoms with Gasteiger partial charge in [-0.15, -0.1) is 0 Å². The van der Waals surface area contributed by atoms with Gasteiger partial charge in [0.05, 0.1) is 17.7 Å². The summed E-state index contributed by atoms with van der Waals surface area (Å²) in [5.41, 5.74) is 1.38. The number of rotatable bonds is 7. The van der Waals surface area contributed by atoms with Crippen LogP contribution in [0.1, 0.15) is 25.3 Å². The highest BCUT2D eigenvalue weighted by atomic mass is 32.2. The first kappa shape index (κ1) is 21.1. The summed E-state index contributed by atoms with van der Waals surface area (Å²) in [5, 5.41) is 2.72. The zero-order valence-electron chi connectivity index (χ0n) is 16.8. The maximum atomic E-state index is 12.8. The van der Waals surface area contributed by atoms with Crippen LogP contribution in [0.2, 0.25) is 0 Å². The molecule has 1 atom stereocenters.